The number of aromatic nitrogens is 3. The Hall–Kier alpha value is -0.940. The molecule has 1 fully saturated rings. The lowest BCUT2D eigenvalue weighted by atomic mass is 10.0. The molecule has 0 radical (unpaired) electrons. The zero-order valence-corrected chi connectivity index (χ0v) is 11.2. The summed E-state index contributed by atoms with van der Waals surface area (Å²) >= 11 is 0. The second-order valence-corrected chi connectivity index (χ2v) is 5.66. The summed E-state index contributed by atoms with van der Waals surface area (Å²) in [6, 6.07) is 0. The standard InChI is InChI=1S/C13H23N5/c1-11-3-7-18-12(9-11)15-16-13(18)10-17-6-2-4-14-5-8-17/h11,14H,2-10H2,1H3. The molecule has 18 heavy (non-hydrogen) atoms. The minimum atomic E-state index is 0.761. The minimum Gasteiger partial charge on any atom is -0.315 e. The number of hydrogen-bond acceptors (Lipinski definition) is 4. The fraction of sp³-hybridized carbons (Fsp3) is 0.846. The van der Waals surface area contributed by atoms with Crippen LogP contribution in [0, 0.1) is 5.92 Å². The van der Waals surface area contributed by atoms with E-state index in [1.165, 1.54) is 31.0 Å². The van der Waals surface area contributed by atoms with Crippen molar-refractivity contribution in [3.05, 3.63) is 11.6 Å². The average molecular weight is 249 g/mol. The molecular weight excluding hydrogens is 226 g/mol. The quantitative estimate of drug-likeness (QED) is 0.836. The molecule has 1 saturated heterocycles. The first-order valence-corrected chi connectivity index (χ1v) is 7.17. The van der Waals surface area contributed by atoms with Crippen molar-refractivity contribution in [3.8, 4) is 0 Å². The van der Waals surface area contributed by atoms with Gasteiger partial charge >= 0.3 is 0 Å². The first-order valence-electron chi connectivity index (χ1n) is 7.17. The van der Waals surface area contributed by atoms with E-state index in [1.54, 1.807) is 0 Å². The third kappa shape index (κ3) is 2.57. The van der Waals surface area contributed by atoms with E-state index >= 15 is 0 Å². The van der Waals surface area contributed by atoms with Crippen LogP contribution in [-0.2, 0) is 19.5 Å². The minimum absolute atomic E-state index is 0.761. The molecular formula is C13H23N5. The van der Waals surface area contributed by atoms with Gasteiger partial charge in [-0.15, -0.1) is 10.2 Å². The Morgan fingerprint density at radius 3 is 3.11 bits per heavy atom. The molecule has 3 heterocycles. The van der Waals surface area contributed by atoms with Gasteiger partial charge in [0.15, 0.2) is 0 Å². The topological polar surface area (TPSA) is 46.0 Å². The van der Waals surface area contributed by atoms with Crippen LogP contribution in [0.1, 0.15) is 31.4 Å². The molecule has 2 aliphatic heterocycles. The molecule has 0 aromatic carbocycles. The van der Waals surface area contributed by atoms with Crippen LogP contribution in [0.4, 0.5) is 0 Å². The number of nitrogens with one attached hydrogen (secondary N) is 1. The third-order valence-electron chi connectivity index (χ3n) is 4.08. The van der Waals surface area contributed by atoms with Gasteiger partial charge in [-0.05, 0) is 31.8 Å². The van der Waals surface area contributed by atoms with Gasteiger partial charge in [0, 0.05) is 26.1 Å². The van der Waals surface area contributed by atoms with Crippen molar-refractivity contribution < 1.29 is 0 Å². The molecule has 3 rings (SSSR count). The molecule has 0 aliphatic carbocycles. The maximum Gasteiger partial charge on any atom is 0.147 e. The highest BCUT2D eigenvalue weighted by molar-refractivity contribution is 5.00. The van der Waals surface area contributed by atoms with Gasteiger partial charge in [-0.3, -0.25) is 4.90 Å². The fourth-order valence-electron chi connectivity index (χ4n) is 2.92. The Morgan fingerprint density at radius 2 is 2.17 bits per heavy atom. The lowest BCUT2D eigenvalue weighted by Gasteiger charge is -2.23. The number of nitrogens with zero attached hydrogens (tertiary/aromatic N) is 4. The maximum absolute atomic E-state index is 4.41. The summed E-state index contributed by atoms with van der Waals surface area (Å²) in [6.45, 7) is 8.90. The predicted octanol–water partition coefficient (Wildman–Crippen LogP) is 0.656. The third-order valence-corrected chi connectivity index (χ3v) is 4.08. The molecule has 1 aromatic heterocycles. The lowest BCUT2D eigenvalue weighted by molar-refractivity contribution is 0.268. The van der Waals surface area contributed by atoms with Crippen molar-refractivity contribution in [2.75, 3.05) is 26.2 Å². The van der Waals surface area contributed by atoms with Crippen LogP contribution in [-0.4, -0.2) is 45.8 Å². The summed E-state index contributed by atoms with van der Waals surface area (Å²) in [6.07, 6.45) is 3.59. The van der Waals surface area contributed by atoms with Gasteiger partial charge < -0.3 is 9.88 Å². The van der Waals surface area contributed by atoms with Gasteiger partial charge in [0.1, 0.15) is 11.6 Å². The van der Waals surface area contributed by atoms with Gasteiger partial charge in [-0.2, -0.15) is 0 Å². The molecule has 0 bridgehead atoms. The lowest BCUT2D eigenvalue weighted by Crippen LogP contribution is -2.29. The molecule has 1 N–H and O–H groups in total. The van der Waals surface area contributed by atoms with Gasteiger partial charge in [-0.25, -0.2) is 0 Å². The summed E-state index contributed by atoms with van der Waals surface area (Å²) in [5, 5.41) is 12.2. The van der Waals surface area contributed by atoms with E-state index in [1.807, 2.05) is 0 Å². The largest absolute Gasteiger partial charge is 0.315 e. The van der Waals surface area contributed by atoms with E-state index in [0.29, 0.717) is 0 Å². The molecule has 1 unspecified atom stereocenters. The Morgan fingerprint density at radius 1 is 1.22 bits per heavy atom. The van der Waals surface area contributed by atoms with Gasteiger partial charge in [-0.1, -0.05) is 6.92 Å². The van der Waals surface area contributed by atoms with Gasteiger partial charge in [0.25, 0.3) is 0 Å². The van der Waals surface area contributed by atoms with Crippen LogP contribution in [0.2, 0.25) is 0 Å². The van der Waals surface area contributed by atoms with Gasteiger partial charge in [0.2, 0.25) is 0 Å². The van der Waals surface area contributed by atoms with E-state index in [2.05, 4.69) is 31.9 Å². The number of fused-ring (bicyclic) bond motifs is 1. The normalized spacial score (nSPS) is 25.7. The van der Waals surface area contributed by atoms with Crippen molar-refractivity contribution in [2.24, 2.45) is 5.92 Å². The van der Waals surface area contributed by atoms with Crippen LogP contribution in [0.25, 0.3) is 0 Å². The van der Waals surface area contributed by atoms with Crippen LogP contribution in [0.5, 0.6) is 0 Å². The van der Waals surface area contributed by atoms with E-state index in [0.717, 1.165) is 45.1 Å². The Labute approximate surface area is 109 Å². The molecule has 5 heteroatoms. The maximum atomic E-state index is 4.41. The zero-order chi connectivity index (χ0) is 12.4. The summed E-state index contributed by atoms with van der Waals surface area (Å²) in [5.41, 5.74) is 0. The molecule has 2 aliphatic rings. The van der Waals surface area contributed by atoms with Crippen molar-refractivity contribution >= 4 is 0 Å². The van der Waals surface area contributed by atoms with Crippen LogP contribution >= 0.6 is 0 Å². The SMILES string of the molecule is CC1CCn2c(nnc2CN2CCCNCC2)C1. The second-order valence-electron chi connectivity index (χ2n) is 5.66. The molecule has 100 valence electrons. The summed E-state index contributed by atoms with van der Waals surface area (Å²) < 4.78 is 2.35. The van der Waals surface area contributed by atoms with Crippen molar-refractivity contribution in [2.45, 2.75) is 39.3 Å². The van der Waals surface area contributed by atoms with Crippen LogP contribution < -0.4 is 5.32 Å². The van der Waals surface area contributed by atoms with E-state index in [4.69, 9.17) is 0 Å². The first kappa shape index (κ1) is 12.1. The smallest absolute Gasteiger partial charge is 0.147 e. The fourth-order valence-corrected chi connectivity index (χ4v) is 2.92. The van der Waals surface area contributed by atoms with E-state index in [-0.39, 0.29) is 0 Å². The summed E-state index contributed by atoms with van der Waals surface area (Å²) in [7, 11) is 0. The molecule has 0 saturated carbocycles. The van der Waals surface area contributed by atoms with Crippen LogP contribution in [0.15, 0.2) is 0 Å². The van der Waals surface area contributed by atoms with Crippen molar-refractivity contribution in [1.82, 2.24) is 25.0 Å². The molecule has 1 aromatic rings. The number of rotatable bonds is 2. The highest BCUT2D eigenvalue weighted by atomic mass is 15.3. The Bertz CT molecular complexity index is 392. The summed E-state index contributed by atoms with van der Waals surface area (Å²) in [5.74, 6) is 3.12. The highest BCUT2D eigenvalue weighted by Crippen LogP contribution is 2.20. The van der Waals surface area contributed by atoms with Crippen molar-refractivity contribution in [1.29, 1.82) is 0 Å². The molecule has 0 amide bonds. The van der Waals surface area contributed by atoms with E-state index < -0.39 is 0 Å². The second kappa shape index (κ2) is 5.36. The predicted molar refractivity (Wildman–Crippen MR) is 70.3 cm³/mol. The Kier molecular flexibility index (Phi) is 3.61. The molecule has 0 spiro atoms. The Balaban J connectivity index is 1.69. The first-order chi connectivity index (χ1) is 8.83. The molecule has 5 nitrogen and oxygen atoms in total. The summed E-state index contributed by atoms with van der Waals surface area (Å²) in [4.78, 5) is 2.50. The average Bonchev–Trinajstić information content (AvgIpc) is 2.59. The van der Waals surface area contributed by atoms with Crippen LogP contribution in [0.3, 0.4) is 0 Å². The zero-order valence-electron chi connectivity index (χ0n) is 11.2. The highest BCUT2D eigenvalue weighted by Gasteiger charge is 2.21. The van der Waals surface area contributed by atoms with Crippen molar-refractivity contribution in [3.63, 3.8) is 0 Å². The number of hydrogen-bond donors (Lipinski definition) is 1. The van der Waals surface area contributed by atoms with E-state index in [9.17, 15) is 0 Å². The molecule has 1 atom stereocenters. The monoisotopic (exact) mass is 249 g/mol. The van der Waals surface area contributed by atoms with Gasteiger partial charge in [0.05, 0.1) is 6.54 Å².